The monoisotopic (exact) mass is 363 g/mol. The first-order valence-corrected chi connectivity index (χ1v) is 8.33. The maximum atomic E-state index is 11.9. The largest absolute Gasteiger partial charge is 0.483 e. The minimum absolute atomic E-state index is 0.236. The number of aromatic nitrogens is 5. The summed E-state index contributed by atoms with van der Waals surface area (Å²) in [5, 5.41) is 23.0. The van der Waals surface area contributed by atoms with E-state index in [1.807, 2.05) is 13.0 Å². The number of carboxylic acid groups (broad SMARTS) is 1. The van der Waals surface area contributed by atoms with Crippen LogP contribution in [0.1, 0.15) is 47.5 Å². The molecule has 0 radical (unpaired) electrons. The van der Waals surface area contributed by atoms with E-state index in [-0.39, 0.29) is 12.4 Å². The molecule has 0 atom stereocenters. The van der Waals surface area contributed by atoms with E-state index in [2.05, 4.69) is 42.9 Å². The lowest BCUT2D eigenvalue weighted by Gasteiger charge is -2.09. The number of nitrogens with zero attached hydrogens (tertiary/aromatic N) is 4. The van der Waals surface area contributed by atoms with E-state index in [0.29, 0.717) is 24.5 Å². The zero-order chi connectivity index (χ0) is 19.4. The van der Waals surface area contributed by atoms with E-state index in [4.69, 9.17) is 9.90 Å². The van der Waals surface area contributed by atoms with E-state index in [1.54, 1.807) is 6.92 Å². The molecule has 2 heterocycles. The molecule has 0 fully saturated rings. The van der Waals surface area contributed by atoms with Gasteiger partial charge in [0, 0.05) is 31.3 Å². The van der Waals surface area contributed by atoms with Crippen LogP contribution < -0.4 is 10.6 Å². The minimum atomic E-state index is -0.250. The van der Waals surface area contributed by atoms with Gasteiger partial charge in [0.1, 0.15) is 11.6 Å². The van der Waals surface area contributed by atoms with Crippen LogP contribution in [0.2, 0.25) is 0 Å². The van der Waals surface area contributed by atoms with Gasteiger partial charge in [0.15, 0.2) is 5.69 Å². The SMILES string of the molecule is CCCCc1nc(C)cc(NCCNC(=O)c2n[nH]nc2C)n1.O=CO. The molecule has 0 saturated heterocycles. The number of aryl methyl sites for hydroxylation is 3. The van der Waals surface area contributed by atoms with E-state index >= 15 is 0 Å². The molecule has 0 aliphatic carbocycles. The van der Waals surface area contributed by atoms with E-state index in [9.17, 15) is 4.79 Å². The number of unbranched alkanes of at least 4 members (excludes halogenated alkanes) is 1. The Bertz CT molecular complexity index is 703. The van der Waals surface area contributed by atoms with Gasteiger partial charge in [0.2, 0.25) is 0 Å². The molecular weight excluding hydrogens is 338 g/mol. The van der Waals surface area contributed by atoms with Gasteiger partial charge in [0.25, 0.3) is 12.4 Å². The molecule has 0 aliphatic heterocycles. The number of H-pyrrole nitrogens is 1. The number of aromatic amines is 1. The third kappa shape index (κ3) is 7.24. The van der Waals surface area contributed by atoms with Crippen molar-refractivity contribution in [2.45, 2.75) is 40.0 Å². The van der Waals surface area contributed by atoms with Crippen molar-refractivity contribution in [3.63, 3.8) is 0 Å². The van der Waals surface area contributed by atoms with Crippen molar-refractivity contribution >= 4 is 18.2 Å². The Kier molecular flexibility index (Phi) is 9.29. The number of nitrogens with one attached hydrogen (secondary N) is 3. The standard InChI is InChI=1S/C15H23N7O.CH2O2/c1-4-5-6-12-18-10(2)9-13(19-12)16-7-8-17-15(23)14-11(3)20-22-21-14;2-1-3/h9H,4-8H2,1-3H3,(H,17,23)(H,16,18,19)(H,20,21,22);1H,(H,2,3). The first-order valence-electron chi connectivity index (χ1n) is 8.33. The molecule has 2 aromatic heterocycles. The molecular formula is C16H25N7O3. The third-order valence-electron chi connectivity index (χ3n) is 3.31. The first kappa shape index (κ1) is 21.0. The van der Waals surface area contributed by atoms with Crippen molar-refractivity contribution in [3.8, 4) is 0 Å². The molecule has 1 amide bonds. The quantitative estimate of drug-likeness (QED) is 0.403. The Labute approximate surface area is 151 Å². The van der Waals surface area contributed by atoms with Gasteiger partial charge in [-0.1, -0.05) is 13.3 Å². The Balaban J connectivity index is 0.00000105. The predicted molar refractivity (Wildman–Crippen MR) is 96.0 cm³/mol. The summed E-state index contributed by atoms with van der Waals surface area (Å²) < 4.78 is 0. The van der Waals surface area contributed by atoms with Gasteiger partial charge in [-0.05, 0) is 20.3 Å². The third-order valence-corrected chi connectivity index (χ3v) is 3.31. The highest BCUT2D eigenvalue weighted by atomic mass is 16.3. The lowest BCUT2D eigenvalue weighted by Crippen LogP contribution is -2.29. The molecule has 10 heteroatoms. The van der Waals surface area contributed by atoms with Crippen molar-refractivity contribution in [2.24, 2.45) is 0 Å². The van der Waals surface area contributed by atoms with Crippen LogP contribution in [0.3, 0.4) is 0 Å². The minimum Gasteiger partial charge on any atom is -0.483 e. The van der Waals surface area contributed by atoms with Crippen LogP contribution in [0.15, 0.2) is 6.07 Å². The van der Waals surface area contributed by atoms with Crippen LogP contribution in [0, 0.1) is 13.8 Å². The predicted octanol–water partition coefficient (Wildman–Crippen LogP) is 1.10. The van der Waals surface area contributed by atoms with Crippen LogP contribution in [0.5, 0.6) is 0 Å². The normalized spacial score (nSPS) is 9.81. The van der Waals surface area contributed by atoms with Crippen LogP contribution in [0.25, 0.3) is 0 Å². The summed E-state index contributed by atoms with van der Waals surface area (Å²) in [5.74, 6) is 1.41. The molecule has 2 aromatic rings. The summed E-state index contributed by atoms with van der Waals surface area (Å²) in [5.41, 5.74) is 1.85. The van der Waals surface area contributed by atoms with E-state index < -0.39 is 0 Å². The Morgan fingerprint density at radius 2 is 2.00 bits per heavy atom. The summed E-state index contributed by atoms with van der Waals surface area (Å²) in [6.07, 6.45) is 3.08. The Morgan fingerprint density at radius 1 is 1.27 bits per heavy atom. The summed E-state index contributed by atoms with van der Waals surface area (Å²) in [4.78, 5) is 29.2. The van der Waals surface area contributed by atoms with Crippen molar-refractivity contribution in [3.05, 3.63) is 29.0 Å². The molecule has 0 aromatic carbocycles. The molecule has 2 rings (SSSR count). The highest BCUT2D eigenvalue weighted by Crippen LogP contribution is 2.08. The lowest BCUT2D eigenvalue weighted by atomic mass is 10.2. The van der Waals surface area contributed by atoms with Gasteiger partial charge in [-0.3, -0.25) is 9.59 Å². The fourth-order valence-electron chi connectivity index (χ4n) is 2.12. The molecule has 10 nitrogen and oxygen atoms in total. The van der Waals surface area contributed by atoms with Crippen molar-refractivity contribution < 1.29 is 14.7 Å². The van der Waals surface area contributed by atoms with Crippen molar-refractivity contribution in [1.82, 2.24) is 30.7 Å². The summed E-state index contributed by atoms with van der Waals surface area (Å²) in [7, 11) is 0. The maximum absolute atomic E-state index is 11.9. The van der Waals surface area contributed by atoms with E-state index in [0.717, 1.165) is 36.6 Å². The van der Waals surface area contributed by atoms with Gasteiger partial charge < -0.3 is 15.7 Å². The average Bonchev–Trinajstić information content (AvgIpc) is 3.03. The fourth-order valence-corrected chi connectivity index (χ4v) is 2.12. The van der Waals surface area contributed by atoms with Gasteiger partial charge >= 0.3 is 0 Å². The molecule has 142 valence electrons. The number of anilines is 1. The van der Waals surface area contributed by atoms with Crippen LogP contribution >= 0.6 is 0 Å². The maximum Gasteiger partial charge on any atom is 0.290 e. The number of carbonyl (C=O) groups is 2. The molecule has 0 bridgehead atoms. The second-order valence-corrected chi connectivity index (χ2v) is 5.46. The van der Waals surface area contributed by atoms with Crippen LogP contribution in [-0.4, -0.2) is 56.0 Å². The van der Waals surface area contributed by atoms with Gasteiger partial charge in [-0.2, -0.15) is 15.4 Å². The van der Waals surface area contributed by atoms with Gasteiger partial charge in [0.05, 0.1) is 5.69 Å². The molecule has 0 spiro atoms. The van der Waals surface area contributed by atoms with Crippen LogP contribution in [0.4, 0.5) is 5.82 Å². The van der Waals surface area contributed by atoms with Crippen molar-refractivity contribution in [1.29, 1.82) is 0 Å². The Morgan fingerprint density at radius 3 is 2.62 bits per heavy atom. The highest BCUT2D eigenvalue weighted by Gasteiger charge is 2.12. The molecule has 26 heavy (non-hydrogen) atoms. The highest BCUT2D eigenvalue weighted by molar-refractivity contribution is 5.93. The zero-order valence-corrected chi connectivity index (χ0v) is 15.2. The summed E-state index contributed by atoms with van der Waals surface area (Å²) >= 11 is 0. The lowest BCUT2D eigenvalue weighted by molar-refractivity contribution is -0.122. The topological polar surface area (TPSA) is 146 Å². The number of carbonyl (C=O) groups excluding carboxylic acids is 1. The summed E-state index contributed by atoms with van der Waals surface area (Å²) in [6.45, 7) is 6.63. The molecule has 4 N–H and O–H groups in total. The molecule has 0 saturated carbocycles. The average molecular weight is 363 g/mol. The molecule has 0 unspecified atom stereocenters. The number of rotatable bonds is 8. The van der Waals surface area contributed by atoms with Crippen LogP contribution in [-0.2, 0) is 11.2 Å². The number of amides is 1. The second-order valence-electron chi connectivity index (χ2n) is 5.46. The zero-order valence-electron chi connectivity index (χ0n) is 15.2. The second kappa shape index (κ2) is 11.5. The van der Waals surface area contributed by atoms with Gasteiger partial charge in [-0.25, -0.2) is 9.97 Å². The molecule has 0 aliphatic rings. The summed E-state index contributed by atoms with van der Waals surface area (Å²) in [6, 6.07) is 1.90. The van der Waals surface area contributed by atoms with Crippen molar-refractivity contribution in [2.75, 3.05) is 18.4 Å². The fraction of sp³-hybridized carbons (Fsp3) is 0.500. The first-order chi connectivity index (χ1) is 12.5. The van der Waals surface area contributed by atoms with E-state index in [1.165, 1.54) is 0 Å². The number of hydrogen-bond acceptors (Lipinski definition) is 7. The Hall–Kier alpha value is -3.04. The number of hydrogen-bond donors (Lipinski definition) is 4. The van der Waals surface area contributed by atoms with Gasteiger partial charge in [-0.15, -0.1) is 0 Å². The smallest absolute Gasteiger partial charge is 0.290 e.